The van der Waals surface area contributed by atoms with Crippen LogP contribution in [0.1, 0.15) is 75.5 Å². The van der Waals surface area contributed by atoms with E-state index in [1.807, 2.05) is 0 Å². The van der Waals surface area contributed by atoms with E-state index in [1.54, 1.807) is 14.0 Å². The van der Waals surface area contributed by atoms with E-state index in [4.69, 9.17) is 0 Å². The summed E-state index contributed by atoms with van der Waals surface area (Å²) in [5.74, 6) is -0.849. The molecule has 21 heavy (non-hydrogen) atoms. The Kier molecular flexibility index (Phi) is 8.51. The van der Waals surface area contributed by atoms with Crippen LogP contribution < -0.4 is 5.32 Å². The molecule has 1 atom stereocenters. The quantitative estimate of drug-likeness (QED) is 0.548. The molecule has 1 rings (SSSR count). The van der Waals surface area contributed by atoms with Crippen LogP contribution in [0.5, 0.6) is 0 Å². The lowest BCUT2D eigenvalue weighted by molar-refractivity contribution is 0.448. The molecule has 0 saturated heterocycles. The Morgan fingerprint density at radius 1 is 1.00 bits per heavy atom. The third-order valence-electron chi connectivity index (χ3n) is 4.11. The van der Waals surface area contributed by atoms with Crippen molar-refractivity contribution in [2.75, 3.05) is 7.05 Å². The molecule has 0 heterocycles. The first-order valence-corrected chi connectivity index (χ1v) is 8.23. The highest BCUT2D eigenvalue weighted by atomic mass is 19.1. The zero-order valence-electron chi connectivity index (χ0n) is 13.6. The van der Waals surface area contributed by atoms with Gasteiger partial charge in [0.05, 0.1) is 0 Å². The van der Waals surface area contributed by atoms with Gasteiger partial charge in [-0.25, -0.2) is 8.78 Å². The predicted molar refractivity (Wildman–Crippen MR) is 85.5 cm³/mol. The third-order valence-corrected chi connectivity index (χ3v) is 4.11. The number of hydrogen-bond donors (Lipinski definition) is 1. The second-order valence-electron chi connectivity index (χ2n) is 5.84. The molecule has 1 unspecified atom stereocenters. The molecular weight excluding hydrogens is 268 g/mol. The van der Waals surface area contributed by atoms with Gasteiger partial charge in [-0.05, 0) is 32.0 Å². The van der Waals surface area contributed by atoms with Gasteiger partial charge in [0.25, 0.3) is 0 Å². The van der Waals surface area contributed by atoms with Crippen LogP contribution in [-0.4, -0.2) is 7.05 Å². The number of nitrogens with one attached hydrogen (secondary N) is 1. The topological polar surface area (TPSA) is 12.0 Å². The average molecular weight is 297 g/mol. The van der Waals surface area contributed by atoms with E-state index in [0.29, 0.717) is 5.56 Å². The monoisotopic (exact) mass is 297 g/mol. The molecule has 0 aliphatic rings. The number of aryl methyl sites for hydroxylation is 1. The van der Waals surface area contributed by atoms with Crippen molar-refractivity contribution < 1.29 is 8.78 Å². The summed E-state index contributed by atoms with van der Waals surface area (Å²) < 4.78 is 28.0. The molecular formula is C18H29F2N. The molecule has 1 N–H and O–H groups in total. The molecule has 0 fully saturated rings. The Morgan fingerprint density at radius 3 is 2.24 bits per heavy atom. The van der Waals surface area contributed by atoms with Gasteiger partial charge in [-0.15, -0.1) is 0 Å². The van der Waals surface area contributed by atoms with Crippen LogP contribution in [0, 0.1) is 18.6 Å². The molecule has 0 bridgehead atoms. The van der Waals surface area contributed by atoms with Gasteiger partial charge in [-0.2, -0.15) is 0 Å². The maximum Gasteiger partial charge on any atom is 0.133 e. The molecule has 1 aromatic rings. The summed E-state index contributed by atoms with van der Waals surface area (Å²) in [6.07, 6.45) is 9.27. The van der Waals surface area contributed by atoms with E-state index in [2.05, 4.69) is 12.2 Å². The Bertz CT molecular complexity index is 418. The highest BCUT2D eigenvalue weighted by molar-refractivity contribution is 5.29. The number of rotatable bonds is 10. The van der Waals surface area contributed by atoms with Crippen molar-refractivity contribution in [1.29, 1.82) is 0 Å². The maximum atomic E-state index is 14.1. The normalized spacial score (nSPS) is 12.6. The number of unbranched alkanes of at least 4 members (excludes halogenated alkanes) is 6. The van der Waals surface area contributed by atoms with Gasteiger partial charge < -0.3 is 5.32 Å². The second kappa shape index (κ2) is 9.88. The van der Waals surface area contributed by atoms with Gasteiger partial charge in [-0.1, -0.05) is 57.9 Å². The van der Waals surface area contributed by atoms with Gasteiger partial charge >= 0.3 is 0 Å². The Morgan fingerprint density at radius 2 is 1.62 bits per heavy atom. The molecule has 0 amide bonds. The Balaban J connectivity index is 2.47. The minimum Gasteiger partial charge on any atom is -0.313 e. The second-order valence-corrected chi connectivity index (χ2v) is 5.84. The number of benzene rings is 1. The van der Waals surface area contributed by atoms with Crippen LogP contribution in [0.15, 0.2) is 12.1 Å². The highest BCUT2D eigenvalue weighted by Gasteiger charge is 2.19. The predicted octanol–water partition coefficient (Wildman–Crippen LogP) is 5.67. The largest absolute Gasteiger partial charge is 0.313 e. The minimum atomic E-state index is -0.444. The zero-order chi connectivity index (χ0) is 15.7. The lowest BCUT2D eigenvalue weighted by atomic mass is 9.97. The van der Waals surface area contributed by atoms with Gasteiger partial charge in [-0.3, -0.25) is 0 Å². The first-order chi connectivity index (χ1) is 10.1. The summed E-state index contributed by atoms with van der Waals surface area (Å²) in [5.41, 5.74) is 0.703. The van der Waals surface area contributed by atoms with Crippen molar-refractivity contribution >= 4 is 0 Å². The standard InChI is InChI=1S/C18H29F2N/c1-4-5-6-7-8-9-10-11-16(21-3)17-15(19)13-12-14(2)18(17)20/h12-13,16,21H,4-11H2,1-3H3. The lowest BCUT2D eigenvalue weighted by Crippen LogP contribution is -2.19. The summed E-state index contributed by atoms with van der Waals surface area (Å²) in [6, 6.07) is 2.62. The van der Waals surface area contributed by atoms with E-state index in [9.17, 15) is 8.78 Å². The SMILES string of the molecule is CCCCCCCCCC(NC)c1c(F)ccc(C)c1F. The van der Waals surface area contributed by atoms with Gasteiger partial charge in [0.2, 0.25) is 0 Å². The van der Waals surface area contributed by atoms with E-state index < -0.39 is 11.6 Å². The van der Waals surface area contributed by atoms with Crippen LogP contribution in [0.25, 0.3) is 0 Å². The smallest absolute Gasteiger partial charge is 0.133 e. The van der Waals surface area contributed by atoms with Gasteiger partial charge in [0, 0.05) is 11.6 Å². The fraction of sp³-hybridized carbons (Fsp3) is 0.667. The Labute approximate surface area is 128 Å². The van der Waals surface area contributed by atoms with E-state index in [1.165, 1.54) is 44.2 Å². The van der Waals surface area contributed by atoms with Crippen LogP contribution in [0.3, 0.4) is 0 Å². The zero-order valence-corrected chi connectivity index (χ0v) is 13.6. The summed E-state index contributed by atoms with van der Waals surface area (Å²) in [4.78, 5) is 0. The van der Waals surface area contributed by atoms with Crippen LogP contribution in [0.2, 0.25) is 0 Å². The molecule has 120 valence electrons. The fourth-order valence-corrected chi connectivity index (χ4v) is 2.74. The first-order valence-electron chi connectivity index (χ1n) is 8.23. The molecule has 0 aliphatic carbocycles. The van der Waals surface area contributed by atoms with E-state index in [-0.39, 0.29) is 11.6 Å². The molecule has 0 radical (unpaired) electrons. The minimum absolute atomic E-state index is 0.198. The highest BCUT2D eigenvalue weighted by Crippen LogP contribution is 2.27. The molecule has 1 aromatic carbocycles. The molecule has 3 heteroatoms. The van der Waals surface area contributed by atoms with Crippen LogP contribution >= 0.6 is 0 Å². The van der Waals surface area contributed by atoms with Crippen molar-refractivity contribution in [3.05, 3.63) is 34.9 Å². The third kappa shape index (κ3) is 5.74. The summed E-state index contributed by atoms with van der Waals surface area (Å²) in [5, 5.41) is 3.06. The average Bonchev–Trinajstić information content (AvgIpc) is 2.48. The molecule has 0 saturated carbocycles. The van der Waals surface area contributed by atoms with Gasteiger partial charge in [0.15, 0.2) is 0 Å². The first kappa shape index (κ1) is 18.1. The van der Waals surface area contributed by atoms with Crippen molar-refractivity contribution in [2.24, 2.45) is 0 Å². The van der Waals surface area contributed by atoms with E-state index >= 15 is 0 Å². The molecule has 0 aromatic heterocycles. The molecule has 0 spiro atoms. The van der Waals surface area contributed by atoms with Crippen molar-refractivity contribution in [3.8, 4) is 0 Å². The van der Waals surface area contributed by atoms with E-state index in [0.717, 1.165) is 19.3 Å². The fourth-order valence-electron chi connectivity index (χ4n) is 2.74. The van der Waals surface area contributed by atoms with Crippen molar-refractivity contribution in [1.82, 2.24) is 5.32 Å². The van der Waals surface area contributed by atoms with Crippen molar-refractivity contribution in [3.63, 3.8) is 0 Å². The number of halogens is 2. The summed E-state index contributed by atoms with van der Waals surface area (Å²) in [6.45, 7) is 3.89. The number of hydrogen-bond acceptors (Lipinski definition) is 1. The molecule has 1 nitrogen and oxygen atoms in total. The van der Waals surface area contributed by atoms with Crippen LogP contribution in [0.4, 0.5) is 8.78 Å². The lowest BCUT2D eigenvalue weighted by Gasteiger charge is -2.19. The van der Waals surface area contributed by atoms with Gasteiger partial charge in [0.1, 0.15) is 11.6 Å². The Hall–Kier alpha value is -0.960. The van der Waals surface area contributed by atoms with Crippen molar-refractivity contribution in [2.45, 2.75) is 71.3 Å². The summed E-state index contributed by atoms with van der Waals surface area (Å²) in [7, 11) is 1.77. The summed E-state index contributed by atoms with van der Waals surface area (Å²) >= 11 is 0. The molecule has 0 aliphatic heterocycles. The van der Waals surface area contributed by atoms with Crippen LogP contribution in [-0.2, 0) is 0 Å². The maximum absolute atomic E-state index is 14.1.